The smallest absolute Gasteiger partial charge is 0.292 e. The van der Waals surface area contributed by atoms with E-state index in [0.29, 0.717) is 23.7 Å². The Labute approximate surface area is 241 Å². The summed E-state index contributed by atoms with van der Waals surface area (Å²) >= 11 is 6.28. The van der Waals surface area contributed by atoms with Gasteiger partial charge in [-0.15, -0.1) is 5.10 Å². The molecular weight excluding hydrogens is 550 g/mol. The number of likely N-dealkylation sites (tertiary alicyclic amines) is 1. The fraction of sp³-hybridized carbons (Fsp3) is 0.333. The molecule has 0 bridgehead atoms. The number of hydrogen-bond acceptors (Lipinski definition) is 11. The number of nitrogens with zero attached hydrogens (tertiary/aromatic N) is 7. The number of anilines is 1. The van der Waals surface area contributed by atoms with Crippen molar-refractivity contribution in [3.63, 3.8) is 0 Å². The van der Waals surface area contributed by atoms with Crippen molar-refractivity contribution in [2.45, 2.75) is 39.8 Å². The molecule has 2 aromatic heterocycles. The molecule has 4 aromatic rings. The molecular formula is C27H30ClN9O4. The number of carbonyl (C=O) groups is 1. The monoisotopic (exact) mass is 579 g/mol. The molecule has 0 saturated carbocycles. The molecule has 3 N–H and O–H groups in total. The first-order valence-corrected chi connectivity index (χ1v) is 13.4. The lowest BCUT2D eigenvalue weighted by Gasteiger charge is -2.13. The van der Waals surface area contributed by atoms with Crippen LogP contribution >= 0.6 is 11.6 Å². The Hall–Kier alpha value is -4.49. The average Bonchev–Trinajstić information content (AvgIpc) is 3.72. The van der Waals surface area contributed by atoms with Gasteiger partial charge in [0.15, 0.2) is 5.69 Å². The van der Waals surface area contributed by atoms with Gasteiger partial charge in [-0.2, -0.15) is 9.78 Å². The topological polar surface area (TPSA) is 159 Å². The molecule has 214 valence electrons. The van der Waals surface area contributed by atoms with E-state index in [-0.39, 0.29) is 23.9 Å². The molecule has 2 aromatic carbocycles. The molecule has 5 rings (SSSR count). The van der Waals surface area contributed by atoms with Gasteiger partial charge in [0.1, 0.15) is 23.8 Å². The number of benzene rings is 2. The van der Waals surface area contributed by atoms with Crippen LogP contribution < -0.4 is 20.6 Å². The quantitative estimate of drug-likeness (QED) is 0.210. The highest BCUT2D eigenvalue weighted by atomic mass is 35.5. The van der Waals surface area contributed by atoms with Crippen LogP contribution in [0.15, 0.2) is 40.1 Å². The minimum absolute atomic E-state index is 0.0166. The van der Waals surface area contributed by atoms with E-state index in [2.05, 4.69) is 36.1 Å². The summed E-state index contributed by atoms with van der Waals surface area (Å²) in [5, 5.41) is 20.5. The van der Waals surface area contributed by atoms with Gasteiger partial charge < -0.3 is 15.2 Å². The van der Waals surface area contributed by atoms with Gasteiger partial charge in [0.2, 0.25) is 11.6 Å². The van der Waals surface area contributed by atoms with E-state index in [9.17, 15) is 4.79 Å². The van der Waals surface area contributed by atoms with Crippen LogP contribution in [-0.4, -0.2) is 62.5 Å². The molecule has 1 fully saturated rings. The summed E-state index contributed by atoms with van der Waals surface area (Å²) in [4.78, 5) is 15.5. The molecule has 1 amide bonds. The van der Waals surface area contributed by atoms with Gasteiger partial charge in [-0.3, -0.25) is 9.69 Å². The first kappa shape index (κ1) is 28.1. The van der Waals surface area contributed by atoms with Crippen molar-refractivity contribution in [1.82, 2.24) is 35.6 Å². The Balaban J connectivity index is 1.32. The minimum Gasteiger partial charge on any atom is -0.496 e. The summed E-state index contributed by atoms with van der Waals surface area (Å²) in [5.74, 6) is 0.889. The Bertz CT molecular complexity index is 1550. The first-order chi connectivity index (χ1) is 19.8. The van der Waals surface area contributed by atoms with E-state index >= 15 is 0 Å². The van der Waals surface area contributed by atoms with Gasteiger partial charge in [-0.25, -0.2) is 10.1 Å². The summed E-state index contributed by atoms with van der Waals surface area (Å²) in [6, 6.07) is 9.29. The van der Waals surface area contributed by atoms with E-state index in [1.165, 1.54) is 10.9 Å². The van der Waals surface area contributed by atoms with Gasteiger partial charge in [0.25, 0.3) is 5.91 Å². The third kappa shape index (κ3) is 6.31. The van der Waals surface area contributed by atoms with Crippen molar-refractivity contribution in [3.8, 4) is 17.3 Å². The number of ether oxygens (including phenoxy) is 2. The van der Waals surface area contributed by atoms with E-state index in [1.54, 1.807) is 7.11 Å². The highest BCUT2D eigenvalue weighted by Crippen LogP contribution is 2.28. The van der Waals surface area contributed by atoms with Crippen LogP contribution in [0.4, 0.5) is 5.82 Å². The lowest BCUT2D eigenvalue weighted by atomic mass is 10.1. The molecule has 1 saturated heterocycles. The molecule has 1 aliphatic heterocycles. The van der Waals surface area contributed by atoms with Crippen LogP contribution in [0.5, 0.6) is 11.5 Å². The van der Waals surface area contributed by atoms with Crippen molar-refractivity contribution in [2.75, 3.05) is 25.9 Å². The summed E-state index contributed by atoms with van der Waals surface area (Å²) in [6.45, 7) is 6.41. The van der Waals surface area contributed by atoms with E-state index in [4.69, 9.17) is 31.4 Å². The second-order valence-electron chi connectivity index (χ2n) is 9.68. The average molecular weight is 580 g/mol. The van der Waals surface area contributed by atoms with E-state index < -0.39 is 5.91 Å². The Morgan fingerprint density at radius 1 is 1.20 bits per heavy atom. The normalized spacial score (nSPS) is 13.7. The largest absolute Gasteiger partial charge is 0.496 e. The fourth-order valence-corrected chi connectivity index (χ4v) is 4.76. The standard InChI is InChI=1S/C27H30ClN9O4/c1-16-10-20(11-17(2)23(16)28)40-15-19-12-18(6-7-22(19)39-3)13-30-32-27(38)24-21(14-36-8-4-5-9-36)31-35-37(24)26-25(29)33-41-34-26/h6-7,10-13H,4-5,8-9,14-15H2,1-3H3,(H2,29,33)(H,32,38)/b30-13+. The van der Waals surface area contributed by atoms with Crippen molar-refractivity contribution in [2.24, 2.45) is 5.10 Å². The zero-order valence-corrected chi connectivity index (χ0v) is 23.7. The van der Waals surface area contributed by atoms with Crippen molar-refractivity contribution in [3.05, 3.63) is 69.0 Å². The highest BCUT2D eigenvalue weighted by Gasteiger charge is 2.27. The number of rotatable bonds is 10. The molecule has 0 spiro atoms. The molecule has 14 heteroatoms. The van der Waals surface area contributed by atoms with Crippen LogP contribution in [0.2, 0.25) is 5.02 Å². The van der Waals surface area contributed by atoms with Crippen LogP contribution in [0.1, 0.15) is 51.3 Å². The molecule has 0 radical (unpaired) electrons. The summed E-state index contributed by atoms with van der Waals surface area (Å²) in [6.07, 6.45) is 3.71. The number of amides is 1. The number of nitrogens with two attached hydrogens (primary N) is 1. The molecule has 41 heavy (non-hydrogen) atoms. The Morgan fingerprint density at radius 3 is 2.63 bits per heavy atom. The number of carbonyl (C=O) groups excluding carboxylic acids is 1. The van der Waals surface area contributed by atoms with E-state index in [1.807, 2.05) is 44.2 Å². The first-order valence-electron chi connectivity index (χ1n) is 13.0. The number of hydrazone groups is 1. The maximum absolute atomic E-state index is 13.3. The van der Waals surface area contributed by atoms with Crippen molar-refractivity contribution >= 4 is 29.5 Å². The number of methoxy groups -OCH3 is 1. The maximum Gasteiger partial charge on any atom is 0.292 e. The molecule has 0 atom stereocenters. The fourth-order valence-electron chi connectivity index (χ4n) is 4.65. The predicted octanol–water partition coefficient (Wildman–Crippen LogP) is 3.45. The number of hydrogen-bond donors (Lipinski definition) is 2. The lowest BCUT2D eigenvalue weighted by molar-refractivity contribution is 0.0945. The van der Waals surface area contributed by atoms with Crippen LogP contribution in [0.25, 0.3) is 5.82 Å². The molecule has 0 aliphatic carbocycles. The summed E-state index contributed by atoms with van der Waals surface area (Å²) in [7, 11) is 1.59. The van der Waals surface area contributed by atoms with Gasteiger partial charge in [0.05, 0.1) is 13.3 Å². The van der Waals surface area contributed by atoms with Gasteiger partial charge in [0, 0.05) is 17.1 Å². The van der Waals surface area contributed by atoms with Crippen molar-refractivity contribution < 1.29 is 18.9 Å². The second kappa shape index (κ2) is 12.4. The number of nitrogen functional groups attached to an aromatic ring is 1. The number of nitrogens with one attached hydrogen (secondary N) is 1. The number of aryl methyl sites for hydroxylation is 2. The summed E-state index contributed by atoms with van der Waals surface area (Å²) in [5.41, 5.74) is 12.4. The van der Waals surface area contributed by atoms with E-state index in [0.717, 1.165) is 53.2 Å². The Morgan fingerprint density at radius 2 is 1.95 bits per heavy atom. The number of halogens is 1. The Kier molecular flexibility index (Phi) is 8.45. The molecule has 3 heterocycles. The third-order valence-electron chi connectivity index (χ3n) is 6.71. The van der Waals surface area contributed by atoms with Gasteiger partial charge in [-0.1, -0.05) is 16.8 Å². The molecule has 0 unspecified atom stereocenters. The molecule has 1 aliphatic rings. The van der Waals surface area contributed by atoms with Crippen LogP contribution in [0, 0.1) is 13.8 Å². The maximum atomic E-state index is 13.3. The third-order valence-corrected chi connectivity index (χ3v) is 7.31. The summed E-state index contributed by atoms with van der Waals surface area (Å²) < 4.78 is 17.4. The zero-order chi connectivity index (χ0) is 28.9. The van der Waals surface area contributed by atoms with Crippen molar-refractivity contribution in [1.29, 1.82) is 0 Å². The van der Waals surface area contributed by atoms with Gasteiger partial charge in [-0.05, 0) is 97.1 Å². The highest BCUT2D eigenvalue weighted by molar-refractivity contribution is 6.32. The second-order valence-corrected chi connectivity index (χ2v) is 10.1. The number of aromatic nitrogens is 5. The van der Waals surface area contributed by atoms with Gasteiger partial charge >= 0.3 is 0 Å². The lowest BCUT2D eigenvalue weighted by Crippen LogP contribution is -2.26. The minimum atomic E-state index is -0.534. The zero-order valence-electron chi connectivity index (χ0n) is 22.9. The van der Waals surface area contributed by atoms with Crippen LogP contribution in [0.3, 0.4) is 0 Å². The van der Waals surface area contributed by atoms with Crippen LogP contribution in [-0.2, 0) is 13.2 Å². The SMILES string of the molecule is COc1ccc(/C=N/NC(=O)c2c(CN3CCCC3)nnn2-c2nonc2N)cc1COc1cc(C)c(Cl)c(C)c1. The predicted molar refractivity (Wildman–Crippen MR) is 151 cm³/mol. The molecule has 13 nitrogen and oxygen atoms in total.